The van der Waals surface area contributed by atoms with E-state index < -0.39 is 34.4 Å². The topological polar surface area (TPSA) is 105 Å². The molecule has 8 nitrogen and oxygen atoms in total. The molecule has 170 valence electrons. The van der Waals surface area contributed by atoms with Crippen LogP contribution in [0.3, 0.4) is 0 Å². The van der Waals surface area contributed by atoms with Gasteiger partial charge in [0.15, 0.2) is 16.5 Å². The molecule has 0 saturated carbocycles. The Labute approximate surface area is 184 Å². The number of esters is 3. The van der Waals surface area contributed by atoms with Crippen LogP contribution in [0.4, 0.5) is 0 Å². The van der Waals surface area contributed by atoms with Gasteiger partial charge in [0.25, 0.3) is 0 Å². The second-order valence-corrected chi connectivity index (χ2v) is 7.73. The summed E-state index contributed by atoms with van der Waals surface area (Å²) in [5.74, 6) is -1.96. The maximum atomic E-state index is 12.4. The fourth-order valence-corrected chi connectivity index (χ4v) is 3.28. The highest BCUT2D eigenvalue weighted by Gasteiger charge is 2.46. The van der Waals surface area contributed by atoms with E-state index in [0.29, 0.717) is 4.90 Å². The summed E-state index contributed by atoms with van der Waals surface area (Å²) < 4.78 is 31.9. The van der Waals surface area contributed by atoms with E-state index in [-0.39, 0.29) is 26.1 Å². The van der Waals surface area contributed by atoms with Crippen LogP contribution in [0.1, 0.15) is 25.3 Å². The van der Waals surface area contributed by atoms with E-state index in [4.69, 9.17) is 18.4 Å². The van der Waals surface area contributed by atoms with Crippen molar-refractivity contribution < 1.29 is 37.0 Å². The lowest BCUT2D eigenvalue weighted by Gasteiger charge is -2.25. The Balaban J connectivity index is 2.79. The molecule has 0 heterocycles. The fourth-order valence-electron chi connectivity index (χ4n) is 2.58. The van der Waals surface area contributed by atoms with E-state index in [1.807, 2.05) is 19.1 Å². The fraction of sp³-hybridized carbons (Fsp3) is 0.409. The first-order chi connectivity index (χ1) is 14.8. The quantitative estimate of drug-likeness (QED) is 0.206. The number of rotatable bonds is 12. The molecule has 1 rings (SSSR count). The van der Waals surface area contributed by atoms with E-state index in [1.54, 1.807) is 30.4 Å². The van der Waals surface area contributed by atoms with Crippen molar-refractivity contribution in [2.45, 2.75) is 31.6 Å². The van der Waals surface area contributed by atoms with Crippen LogP contribution in [0, 0.1) is 12.3 Å². The van der Waals surface area contributed by atoms with E-state index in [0.717, 1.165) is 5.56 Å². The van der Waals surface area contributed by atoms with Gasteiger partial charge in [0.2, 0.25) is 0 Å². The van der Waals surface area contributed by atoms with Gasteiger partial charge < -0.3 is 14.2 Å². The van der Waals surface area contributed by atoms with Crippen LogP contribution in [0.25, 0.3) is 0 Å². The molecular formula is C22H28O8S. The first-order valence-corrected chi connectivity index (χ1v) is 10.6. The smallest absolute Gasteiger partial charge is 0.323 e. The molecule has 1 aromatic carbocycles. The Morgan fingerprint density at radius 2 is 1.42 bits per heavy atom. The van der Waals surface area contributed by atoms with Gasteiger partial charge in [0, 0.05) is 6.92 Å². The van der Waals surface area contributed by atoms with Crippen molar-refractivity contribution in [3.63, 3.8) is 0 Å². The van der Waals surface area contributed by atoms with Crippen LogP contribution in [0.2, 0.25) is 0 Å². The monoisotopic (exact) mass is 452 g/mol. The van der Waals surface area contributed by atoms with Crippen LogP contribution in [-0.2, 0) is 43.9 Å². The third-order valence-electron chi connectivity index (χ3n) is 4.29. The number of aryl methyl sites for hydroxylation is 1. The minimum absolute atomic E-state index is 0.0151. The zero-order valence-corrected chi connectivity index (χ0v) is 18.9. The highest BCUT2D eigenvalue weighted by atomic mass is 32.2. The summed E-state index contributed by atoms with van der Waals surface area (Å²) in [6, 6.07) is 7.11. The second-order valence-electron chi connectivity index (χ2n) is 6.55. The molecule has 0 aliphatic rings. The number of carbonyl (C=O) groups is 3. The molecule has 0 saturated heterocycles. The lowest BCUT2D eigenvalue weighted by Crippen LogP contribution is -2.40. The predicted molar refractivity (Wildman–Crippen MR) is 114 cm³/mol. The number of hydrogen-bond donors (Lipinski definition) is 0. The molecule has 1 aromatic rings. The lowest BCUT2D eigenvalue weighted by molar-refractivity contribution is -0.168. The molecule has 0 spiro atoms. The molecule has 0 fully saturated rings. The normalized spacial score (nSPS) is 12.6. The Kier molecular flexibility index (Phi) is 11.4. The maximum Gasteiger partial charge on any atom is 0.323 e. The first kappa shape index (κ1) is 26.3. The SMILES string of the molecule is COC(=O)C(C/C=C\COC(C)=O)(C/C=C\COS(=O)c1ccc(C)cc1)C(=O)OC. The number of carbonyl (C=O) groups excluding carboxylic acids is 3. The number of methoxy groups -OCH3 is 2. The Morgan fingerprint density at radius 3 is 1.90 bits per heavy atom. The highest BCUT2D eigenvalue weighted by Crippen LogP contribution is 2.31. The van der Waals surface area contributed by atoms with Gasteiger partial charge in [-0.3, -0.25) is 18.6 Å². The largest absolute Gasteiger partial charge is 0.468 e. The molecule has 1 atom stereocenters. The Hall–Kier alpha value is -2.78. The molecular weight excluding hydrogens is 424 g/mol. The Morgan fingerprint density at radius 1 is 0.903 bits per heavy atom. The molecule has 0 N–H and O–H groups in total. The maximum absolute atomic E-state index is 12.4. The lowest BCUT2D eigenvalue weighted by atomic mass is 9.80. The molecule has 9 heteroatoms. The van der Waals surface area contributed by atoms with Crippen LogP contribution in [0.15, 0.2) is 53.5 Å². The summed E-state index contributed by atoms with van der Waals surface area (Å²) in [6.07, 6.45) is 6.17. The summed E-state index contributed by atoms with van der Waals surface area (Å²) >= 11 is -1.64. The number of hydrogen-bond acceptors (Lipinski definition) is 8. The van der Waals surface area contributed by atoms with Gasteiger partial charge in [-0.05, 0) is 31.9 Å². The molecule has 0 aromatic heterocycles. The van der Waals surface area contributed by atoms with Crippen LogP contribution < -0.4 is 0 Å². The van der Waals surface area contributed by atoms with Crippen LogP contribution >= 0.6 is 0 Å². The highest BCUT2D eigenvalue weighted by molar-refractivity contribution is 7.80. The standard InChI is InChI=1S/C22H28O8S/c1-17-9-11-19(12-10-17)31(26)30-16-8-6-14-22(20(24)27-3,21(25)28-4)13-5-7-15-29-18(2)23/h5-12H,13-16H2,1-4H3/b7-5-,8-6-. The third-order valence-corrected chi connectivity index (χ3v) is 5.29. The summed E-state index contributed by atoms with van der Waals surface area (Å²) in [6.45, 7) is 3.24. The molecule has 0 aliphatic carbocycles. The molecule has 0 radical (unpaired) electrons. The van der Waals surface area contributed by atoms with E-state index in [9.17, 15) is 18.6 Å². The van der Waals surface area contributed by atoms with Gasteiger partial charge in [-0.2, -0.15) is 0 Å². The van der Waals surface area contributed by atoms with Crippen molar-refractivity contribution >= 4 is 29.0 Å². The van der Waals surface area contributed by atoms with Crippen molar-refractivity contribution in [3.8, 4) is 0 Å². The summed E-state index contributed by atoms with van der Waals surface area (Å²) in [5.41, 5.74) is -0.562. The zero-order valence-electron chi connectivity index (χ0n) is 18.1. The van der Waals surface area contributed by atoms with Crippen molar-refractivity contribution in [3.05, 3.63) is 54.1 Å². The van der Waals surface area contributed by atoms with Crippen molar-refractivity contribution in [2.24, 2.45) is 5.41 Å². The van der Waals surface area contributed by atoms with Gasteiger partial charge in [-0.1, -0.05) is 42.0 Å². The van der Waals surface area contributed by atoms with Crippen molar-refractivity contribution in [1.82, 2.24) is 0 Å². The van der Waals surface area contributed by atoms with Crippen molar-refractivity contribution in [1.29, 1.82) is 0 Å². The minimum Gasteiger partial charge on any atom is -0.468 e. The van der Waals surface area contributed by atoms with E-state index in [1.165, 1.54) is 27.2 Å². The zero-order chi connectivity index (χ0) is 23.3. The minimum atomic E-state index is -1.64. The van der Waals surface area contributed by atoms with Crippen LogP contribution in [-0.4, -0.2) is 49.6 Å². The van der Waals surface area contributed by atoms with Gasteiger partial charge in [-0.15, -0.1) is 0 Å². The van der Waals surface area contributed by atoms with Crippen LogP contribution in [0.5, 0.6) is 0 Å². The number of allylic oxidation sites excluding steroid dienone is 2. The molecule has 0 amide bonds. The van der Waals surface area contributed by atoms with Gasteiger partial charge in [0.1, 0.15) is 6.61 Å². The predicted octanol–water partition coefficient (Wildman–Crippen LogP) is 2.82. The van der Waals surface area contributed by atoms with Crippen molar-refractivity contribution in [2.75, 3.05) is 27.4 Å². The third kappa shape index (κ3) is 8.47. The average molecular weight is 453 g/mol. The molecule has 1 unspecified atom stereocenters. The summed E-state index contributed by atoms with van der Waals surface area (Å²) in [5, 5.41) is 0. The van der Waals surface area contributed by atoms with Gasteiger partial charge >= 0.3 is 17.9 Å². The first-order valence-electron chi connectivity index (χ1n) is 9.48. The van der Waals surface area contributed by atoms with Gasteiger partial charge in [-0.25, -0.2) is 4.21 Å². The molecule has 31 heavy (non-hydrogen) atoms. The summed E-state index contributed by atoms with van der Waals surface area (Å²) in [7, 11) is 2.36. The summed E-state index contributed by atoms with van der Waals surface area (Å²) in [4.78, 5) is 36.2. The average Bonchev–Trinajstić information content (AvgIpc) is 2.76. The van der Waals surface area contributed by atoms with E-state index in [2.05, 4.69) is 0 Å². The van der Waals surface area contributed by atoms with Gasteiger partial charge in [0.05, 0.1) is 25.7 Å². The molecule has 0 bridgehead atoms. The Bertz CT molecular complexity index is 810. The van der Waals surface area contributed by atoms with E-state index >= 15 is 0 Å². The second kappa shape index (κ2) is 13.5. The number of benzene rings is 1. The molecule has 0 aliphatic heterocycles. The number of ether oxygens (including phenoxy) is 3.